The fourth-order valence-electron chi connectivity index (χ4n) is 2.05. The molecule has 0 aliphatic carbocycles. The van der Waals surface area contributed by atoms with Crippen LogP contribution >= 0.6 is 15.9 Å². The summed E-state index contributed by atoms with van der Waals surface area (Å²) in [5.74, 6) is 0.737. The van der Waals surface area contributed by atoms with Crippen molar-refractivity contribution in [2.24, 2.45) is 0 Å². The lowest BCUT2D eigenvalue weighted by Gasteiger charge is -2.11. The summed E-state index contributed by atoms with van der Waals surface area (Å²) < 4.78 is 6.19. The molecule has 116 valence electrons. The summed E-state index contributed by atoms with van der Waals surface area (Å²) in [6.45, 7) is 2.73. The van der Waals surface area contributed by atoms with Crippen LogP contribution in [0.1, 0.15) is 11.1 Å². The zero-order chi connectivity index (χ0) is 15.9. The Morgan fingerprint density at radius 3 is 2.77 bits per heavy atom. The number of benzene rings is 2. The third-order valence-corrected chi connectivity index (χ3v) is 3.74. The number of anilines is 1. The first-order chi connectivity index (χ1) is 10.6. The summed E-state index contributed by atoms with van der Waals surface area (Å²) in [6, 6.07) is 13.6. The highest BCUT2D eigenvalue weighted by molar-refractivity contribution is 9.10. The molecule has 2 aromatic carbocycles. The van der Waals surface area contributed by atoms with Crippen LogP contribution in [0.25, 0.3) is 0 Å². The fraction of sp³-hybridized carbons (Fsp3) is 0.235. The van der Waals surface area contributed by atoms with E-state index in [0.29, 0.717) is 6.54 Å². The summed E-state index contributed by atoms with van der Waals surface area (Å²) in [5, 5.41) is 6.03. The highest BCUT2D eigenvalue weighted by Gasteiger charge is 2.04. The van der Waals surface area contributed by atoms with E-state index in [2.05, 4.69) is 26.6 Å². The van der Waals surface area contributed by atoms with Crippen LogP contribution in [-0.4, -0.2) is 19.6 Å². The SMILES string of the molecule is COc1cccc(CNC(=O)CNc2ccc(Br)cc2C)c1. The first-order valence-corrected chi connectivity index (χ1v) is 7.77. The number of rotatable bonds is 6. The van der Waals surface area contributed by atoms with Gasteiger partial charge in [-0.05, 0) is 48.4 Å². The topological polar surface area (TPSA) is 50.4 Å². The van der Waals surface area contributed by atoms with Gasteiger partial charge in [0.25, 0.3) is 0 Å². The van der Waals surface area contributed by atoms with Crippen LogP contribution in [0.4, 0.5) is 5.69 Å². The molecular weight excluding hydrogens is 344 g/mol. The Balaban J connectivity index is 1.82. The molecule has 22 heavy (non-hydrogen) atoms. The molecule has 2 rings (SSSR count). The Bertz CT molecular complexity index is 659. The number of carbonyl (C=O) groups excluding carboxylic acids is 1. The molecule has 2 aromatic rings. The number of hydrogen-bond donors (Lipinski definition) is 2. The zero-order valence-electron chi connectivity index (χ0n) is 12.7. The van der Waals surface area contributed by atoms with Gasteiger partial charge in [0.15, 0.2) is 0 Å². The molecule has 0 atom stereocenters. The highest BCUT2D eigenvalue weighted by atomic mass is 79.9. The number of aryl methyl sites for hydroxylation is 1. The summed E-state index contributed by atoms with van der Waals surface area (Å²) in [5.41, 5.74) is 3.06. The van der Waals surface area contributed by atoms with Crippen LogP contribution in [0, 0.1) is 6.92 Å². The Morgan fingerprint density at radius 2 is 2.05 bits per heavy atom. The van der Waals surface area contributed by atoms with Crippen LogP contribution in [0.2, 0.25) is 0 Å². The first kappa shape index (κ1) is 16.4. The molecule has 0 heterocycles. The van der Waals surface area contributed by atoms with Crippen molar-refractivity contribution in [1.82, 2.24) is 5.32 Å². The summed E-state index contributed by atoms with van der Waals surface area (Å²) >= 11 is 3.42. The highest BCUT2D eigenvalue weighted by Crippen LogP contribution is 2.19. The van der Waals surface area contributed by atoms with Crippen molar-refractivity contribution < 1.29 is 9.53 Å². The van der Waals surface area contributed by atoms with Crippen molar-refractivity contribution >= 4 is 27.5 Å². The van der Waals surface area contributed by atoms with Crippen LogP contribution in [0.5, 0.6) is 5.75 Å². The fourth-order valence-corrected chi connectivity index (χ4v) is 2.52. The van der Waals surface area contributed by atoms with E-state index >= 15 is 0 Å². The lowest BCUT2D eigenvalue weighted by molar-refractivity contribution is -0.119. The van der Waals surface area contributed by atoms with Gasteiger partial charge in [0.05, 0.1) is 13.7 Å². The second-order valence-electron chi connectivity index (χ2n) is 4.94. The zero-order valence-corrected chi connectivity index (χ0v) is 14.2. The monoisotopic (exact) mass is 362 g/mol. The van der Waals surface area contributed by atoms with E-state index < -0.39 is 0 Å². The minimum Gasteiger partial charge on any atom is -0.497 e. The van der Waals surface area contributed by atoms with Gasteiger partial charge in [-0.2, -0.15) is 0 Å². The van der Waals surface area contributed by atoms with Gasteiger partial charge in [-0.25, -0.2) is 0 Å². The summed E-state index contributed by atoms with van der Waals surface area (Å²) in [6.07, 6.45) is 0. The molecule has 0 aliphatic heterocycles. The molecule has 0 spiro atoms. The predicted octanol–water partition coefficient (Wildman–Crippen LogP) is 3.49. The van der Waals surface area contributed by atoms with Crippen LogP contribution < -0.4 is 15.4 Å². The minimum absolute atomic E-state index is 0.0508. The van der Waals surface area contributed by atoms with Crippen molar-refractivity contribution in [3.05, 3.63) is 58.1 Å². The number of halogens is 1. The van der Waals surface area contributed by atoms with Gasteiger partial charge < -0.3 is 15.4 Å². The Morgan fingerprint density at radius 1 is 1.23 bits per heavy atom. The maximum absolute atomic E-state index is 11.9. The molecule has 0 radical (unpaired) electrons. The maximum Gasteiger partial charge on any atom is 0.239 e. The number of methoxy groups -OCH3 is 1. The maximum atomic E-state index is 11.9. The van der Waals surface area contributed by atoms with Gasteiger partial charge in [0.1, 0.15) is 5.75 Å². The predicted molar refractivity (Wildman–Crippen MR) is 92.2 cm³/mol. The number of nitrogens with one attached hydrogen (secondary N) is 2. The average molecular weight is 363 g/mol. The molecule has 5 heteroatoms. The Hall–Kier alpha value is -2.01. The van der Waals surface area contributed by atoms with Gasteiger partial charge in [0.2, 0.25) is 5.91 Å². The molecule has 1 amide bonds. The lowest BCUT2D eigenvalue weighted by atomic mass is 10.2. The van der Waals surface area contributed by atoms with Crippen LogP contribution in [-0.2, 0) is 11.3 Å². The average Bonchev–Trinajstić information content (AvgIpc) is 2.52. The second-order valence-corrected chi connectivity index (χ2v) is 5.86. The molecule has 0 aromatic heterocycles. The summed E-state index contributed by atoms with van der Waals surface area (Å²) in [4.78, 5) is 11.9. The van der Waals surface area contributed by atoms with E-state index in [4.69, 9.17) is 4.74 Å². The standard InChI is InChI=1S/C17H19BrN2O2/c1-12-8-14(18)6-7-16(12)19-11-17(21)20-10-13-4-3-5-15(9-13)22-2/h3-9,19H,10-11H2,1-2H3,(H,20,21). The first-order valence-electron chi connectivity index (χ1n) is 6.98. The number of amides is 1. The van der Waals surface area contributed by atoms with Gasteiger partial charge >= 0.3 is 0 Å². The number of ether oxygens (including phenoxy) is 1. The lowest BCUT2D eigenvalue weighted by Crippen LogP contribution is -2.29. The third kappa shape index (κ3) is 4.77. The molecule has 0 saturated heterocycles. The van der Waals surface area contributed by atoms with Gasteiger partial charge in [0, 0.05) is 16.7 Å². The number of carbonyl (C=O) groups is 1. The molecule has 4 nitrogen and oxygen atoms in total. The minimum atomic E-state index is -0.0508. The van der Waals surface area contributed by atoms with Crippen LogP contribution in [0.3, 0.4) is 0 Å². The van der Waals surface area contributed by atoms with Crippen LogP contribution in [0.15, 0.2) is 46.9 Å². The van der Waals surface area contributed by atoms with Crippen molar-refractivity contribution in [1.29, 1.82) is 0 Å². The van der Waals surface area contributed by atoms with E-state index in [1.807, 2.05) is 49.4 Å². The molecule has 0 unspecified atom stereocenters. The molecule has 0 aliphatic rings. The van der Waals surface area contributed by atoms with E-state index in [9.17, 15) is 4.79 Å². The van der Waals surface area contributed by atoms with E-state index in [1.54, 1.807) is 7.11 Å². The van der Waals surface area contributed by atoms with Crippen molar-refractivity contribution in [3.63, 3.8) is 0 Å². The van der Waals surface area contributed by atoms with E-state index in [1.165, 1.54) is 0 Å². The second kappa shape index (κ2) is 7.84. The molecule has 0 bridgehead atoms. The largest absolute Gasteiger partial charge is 0.497 e. The molecule has 2 N–H and O–H groups in total. The third-order valence-electron chi connectivity index (χ3n) is 3.25. The van der Waals surface area contributed by atoms with E-state index in [-0.39, 0.29) is 12.5 Å². The Labute approximate surface area is 139 Å². The van der Waals surface area contributed by atoms with Crippen molar-refractivity contribution in [2.45, 2.75) is 13.5 Å². The molecule has 0 fully saturated rings. The van der Waals surface area contributed by atoms with Gasteiger partial charge in [-0.3, -0.25) is 4.79 Å². The quantitative estimate of drug-likeness (QED) is 0.826. The summed E-state index contributed by atoms with van der Waals surface area (Å²) in [7, 11) is 1.63. The molecule has 0 saturated carbocycles. The van der Waals surface area contributed by atoms with Gasteiger partial charge in [-0.1, -0.05) is 28.1 Å². The number of hydrogen-bond acceptors (Lipinski definition) is 3. The van der Waals surface area contributed by atoms with Crippen molar-refractivity contribution in [2.75, 3.05) is 19.0 Å². The normalized spacial score (nSPS) is 10.1. The van der Waals surface area contributed by atoms with Crippen molar-refractivity contribution in [3.8, 4) is 5.75 Å². The Kier molecular flexibility index (Phi) is 5.83. The van der Waals surface area contributed by atoms with E-state index in [0.717, 1.165) is 27.0 Å². The molecular formula is C17H19BrN2O2. The van der Waals surface area contributed by atoms with Gasteiger partial charge in [-0.15, -0.1) is 0 Å². The smallest absolute Gasteiger partial charge is 0.239 e.